The van der Waals surface area contributed by atoms with Gasteiger partial charge in [-0.2, -0.15) is 0 Å². The maximum absolute atomic E-state index is 11.9. The SMILES string of the molecule is C=C(Cl)CNC(=O)N1CCc2c(cccc2C(=O)O)C1. The number of carbonyl (C=O) groups excluding carboxylic acids is 1. The molecule has 106 valence electrons. The maximum atomic E-state index is 11.9. The van der Waals surface area contributed by atoms with Gasteiger partial charge in [0.25, 0.3) is 0 Å². The molecule has 0 aliphatic carbocycles. The van der Waals surface area contributed by atoms with Crippen molar-refractivity contribution in [1.29, 1.82) is 0 Å². The molecule has 5 nitrogen and oxygen atoms in total. The number of benzene rings is 1. The Hall–Kier alpha value is -2.01. The molecule has 0 bridgehead atoms. The smallest absolute Gasteiger partial charge is 0.335 e. The third-order valence-electron chi connectivity index (χ3n) is 3.22. The summed E-state index contributed by atoms with van der Waals surface area (Å²) in [5, 5.41) is 12.2. The zero-order chi connectivity index (χ0) is 14.7. The summed E-state index contributed by atoms with van der Waals surface area (Å²) in [4.78, 5) is 24.7. The van der Waals surface area contributed by atoms with Crippen LogP contribution in [0.1, 0.15) is 21.5 Å². The van der Waals surface area contributed by atoms with E-state index in [1.807, 2.05) is 6.07 Å². The van der Waals surface area contributed by atoms with Gasteiger partial charge < -0.3 is 15.3 Å². The number of carbonyl (C=O) groups is 2. The summed E-state index contributed by atoms with van der Waals surface area (Å²) in [6.45, 7) is 4.61. The van der Waals surface area contributed by atoms with Crippen molar-refractivity contribution in [3.63, 3.8) is 0 Å². The van der Waals surface area contributed by atoms with Gasteiger partial charge in [-0.3, -0.25) is 0 Å². The Morgan fingerprint density at radius 2 is 2.20 bits per heavy atom. The van der Waals surface area contributed by atoms with Crippen molar-refractivity contribution in [2.45, 2.75) is 13.0 Å². The van der Waals surface area contributed by atoms with Gasteiger partial charge in [0, 0.05) is 18.1 Å². The van der Waals surface area contributed by atoms with Crippen LogP contribution in [-0.4, -0.2) is 35.1 Å². The van der Waals surface area contributed by atoms with Gasteiger partial charge >= 0.3 is 12.0 Å². The monoisotopic (exact) mass is 294 g/mol. The number of aromatic carboxylic acids is 1. The van der Waals surface area contributed by atoms with Crippen LogP contribution in [0, 0.1) is 0 Å². The molecular formula is C14H15ClN2O3. The maximum Gasteiger partial charge on any atom is 0.335 e. The fraction of sp³-hybridized carbons (Fsp3) is 0.286. The molecule has 20 heavy (non-hydrogen) atoms. The molecule has 2 amide bonds. The van der Waals surface area contributed by atoms with Crippen LogP contribution >= 0.6 is 11.6 Å². The molecule has 1 aliphatic heterocycles. The second-order valence-corrected chi connectivity index (χ2v) is 5.13. The number of nitrogens with one attached hydrogen (secondary N) is 1. The van der Waals surface area contributed by atoms with Crippen LogP contribution in [0.2, 0.25) is 0 Å². The molecule has 0 aromatic heterocycles. The molecule has 0 fully saturated rings. The highest BCUT2D eigenvalue weighted by atomic mass is 35.5. The van der Waals surface area contributed by atoms with Crippen LogP contribution in [0.3, 0.4) is 0 Å². The van der Waals surface area contributed by atoms with Gasteiger partial charge in [0.05, 0.1) is 12.1 Å². The van der Waals surface area contributed by atoms with Crippen molar-refractivity contribution >= 4 is 23.6 Å². The largest absolute Gasteiger partial charge is 0.478 e. The fourth-order valence-electron chi connectivity index (χ4n) is 2.27. The number of rotatable bonds is 3. The Morgan fingerprint density at radius 1 is 1.45 bits per heavy atom. The zero-order valence-electron chi connectivity index (χ0n) is 10.9. The predicted molar refractivity (Wildman–Crippen MR) is 75.9 cm³/mol. The Kier molecular flexibility index (Phi) is 4.29. The van der Waals surface area contributed by atoms with E-state index in [1.54, 1.807) is 17.0 Å². The molecule has 0 atom stereocenters. The summed E-state index contributed by atoms with van der Waals surface area (Å²) in [6, 6.07) is 4.92. The Labute approximate surface area is 121 Å². The molecule has 1 aromatic rings. The summed E-state index contributed by atoms with van der Waals surface area (Å²) >= 11 is 5.60. The summed E-state index contributed by atoms with van der Waals surface area (Å²) < 4.78 is 0. The average Bonchev–Trinajstić information content (AvgIpc) is 2.43. The number of carboxylic acids is 1. The number of hydrogen-bond donors (Lipinski definition) is 2. The lowest BCUT2D eigenvalue weighted by Gasteiger charge is -2.29. The number of urea groups is 1. The van der Waals surface area contributed by atoms with Crippen LogP contribution in [0.15, 0.2) is 29.8 Å². The number of amides is 2. The molecule has 1 heterocycles. The van der Waals surface area contributed by atoms with E-state index >= 15 is 0 Å². The molecule has 1 aromatic carbocycles. The third-order valence-corrected chi connectivity index (χ3v) is 3.35. The molecule has 0 unspecified atom stereocenters. The molecular weight excluding hydrogens is 280 g/mol. The van der Waals surface area contributed by atoms with E-state index in [2.05, 4.69) is 11.9 Å². The number of nitrogens with zero attached hydrogens (tertiary/aromatic N) is 1. The molecule has 0 saturated carbocycles. The van der Waals surface area contributed by atoms with E-state index in [0.29, 0.717) is 30.1 Å². The zero-order valence-corrected chi connectivity index (χ0v) is 11.6. The van der Waals surface area contributed by atoms with E-state index in [-0.39, 0.29) is 12.6 Å². The molecule has 1 aliphatic rings. The minimum Gasteiger partial charge on any atom is -0.478 e. The summed E-state index contributed by atoms with van der Waals surface area (Å²) in [6.07, 6.45) is 0.535. The highest BCUT2D eigenvalue weighted by molar-refractivity contribution is 6.29. The fourth-order valence-corrected chi connectivity index (χ4v) is 2.33. The van der Waals surface area contributed by atoms with Gasteiger partial charge in [-0.05, 0) is 23.6 Å². The van der Waals surface area contributed by atoms with Gasteiger partial charge in [0.2, 0.25) is 0 Å². The van der Waals surface area contributed by atoms with Gasteiger partial charge in [0.1, 0.15) is 0 Å². The second-order valence-electron chi connectivity index (χ2n) is 4.60. The lowest BCUT2D eigenvalue weighted by atomic mass is 9.95. The van der Waals surface area contributed by atoms with Crippen LogP contribution < -0.4 is 5.32 Å². The van der Waals surface area contributed by atoms with Gasteiger partial charge in [-0.25, -0.2) is 9.59 Å². The van der Waals surface area contributed by atoms with E-state index < -0.39 is 5.97 Å². The molecule has 0 spiro atoms. The van der Waals surface area contributed by atoms with Crippen molar-refractivity contribution < 1.29 is 14.7 Å². The lowest BCUT2D eigenvalue weighted by molar-refractivity contribution is 0.0695. The van der Waals surface area contributed by atoms with Crippen molar-refractivity contribution in [2.24, 2.45) is 0 Å². The van der Waals surface area contributed by atoms with E-state index in [9.17, 15) is 9.59 Å². The van der Waals surface area contributed by atoms with Crippen LogP contribution in [0.25, 0.3) is 0 Å². The Morgan fingerprint density at radius 3 is 2.85 bits per heavy atom. The average molecular weight is 295 g/mol. The molecule has 0 saturated heterocycles. The standard InChI is InChI=1S/C14H15ClN2O3/c1-9(15)7-16-14(20)17-6-5-11-10(8-17)3-2-4-12(11)13(18)19/h2-4H,1,5-8H2,(H,16,20)(H,18,19). The number of fused-ring (bicyclic) bond motifs is 1. The van der Waals surface area contributed by atoms with E-state index in [1.165, 1.54) is 0 Å². The third kappa shape index (κ3) is 3.11. The summed E-state index contributed by atoms with van der Waals surface area (Å²) in [5.41, 5.74) is 2.00. The van der Waals surface area contributed by atoms with Crippen molar-refractivity contribution in [1.82, 2.24) is 10.2 Å². The van der Waals surface area contributed by atoms with Crippen LogP contribution in [0.4, 0.5) is 4.79 Å². The highest BCUT2D eigenvalue weighted by Gasteiger charge is 2.23. The first-order valence-corrected chi connectivity index (χ1v) is 6.57. The lowest BCUT2D eigenvalue weighted by Crippen LogP contribution is -2.43. The molecule has 2 rings (SSSR count). The molecule has 2 N–H and O–H groups in total. The Bertz CT molecular complexity index is 572. The normalized spacial score (nSPS) is 13.6. The molecule has 0 radical (unpaired) electrons. The number of carboxylic acid groups (broad SMARTS) is 1. The quantitative estimate of drug-likeness (QED) is 0.898. The summed E-state index contributed by atoms with van der Waals surface area (Å²) in [5.74, 6) is -0.932. The first-order chi connectivity index (χ1) is 9.49. The highest BCUT2D eigenvalue weighted by Crippen LogP contribution is 2.22. The van der Waals surface area contributed by atoms with Crippen molar-refractivity contribution in [3.8, 4) is 0 Å². The van der Waals surface area contributed by atoms with Crippen molar-refractivity contribution in [3.05, 3.63) is 46.5 Å². The molecule has 6 heteroatoms. The Balaban J connectivity index is 2.12. The van der Waals surface area contributed by atoms with Gasteiger partial charge in [-0.15, -0.1) is 0 Å². The van der Waals surface area contributed by atoms with Gasteiger partial charge in [0.15, 0.2) is 0 Å². The van der Waals surface area contributed by atoms with Crippen LogP contribution in [0.5, 0.6) is 0 Å². The second kappa shape index (κ2) is 5.96. The van der Waals surface area contributed by atoms with Crippen LogP contribution in [-0.2, 0) is 13.0 Å². The first-order valence-electron chi connectivity index (χ1n) is 6.19. The topological polar surface area (TPSA) is 69.6 Å². The minimum atomic E-state index is -0.932. The van der Waals surface area contributed by atoms with Gasteiger partial charge in [-0.1, -0.05) is 30.3 Å². The van der Waals surface area contributed by atoms with E-state index in [0.717, 1.165) is 11.1 Å². The van der Waals surface area contributed by atoms with E-state index in [4.69, 9.17) is 16.7 Å². The predicted octanol–water partition coefficient (Wildman–Crippen LogP) is 2.21. The first kappa shape index (κ1) is 14.4. The van der Waals surface area contributed by atoms with Crippen molar-refractivity contribution in [2.75, 3.05) is 13.1 Å². The number of halogens is 1. The minimum absolute atomic E-state index is 0.221. The summed E-state index contributed by atoms with van der Waals surface area (Å²) in [7, 11) is 0. The number of hydrogen-bond acceptors (Lipinski definition) is 2.